The average Bonchev–Trinajstić information content (AvgIpc) is 3.19. The first-order chi connectivity index (χ1) is 17.2. The average molecular weight is 526 g/mol. The normalized spacial score (nSPS) is 18.6. The number of carbonyl (C=O) groups excluding carboxylic acids is 2. The van der Waals surface area contributed by atoms with Crippen LogP contribution in [0.2, 0.25) is 0 Å². The van der Waals surface area contributed by atoms with Gasteiger partial charge in [-0.1, -0.05) is 24.3 Å². The fourth-order valence-electron chi connectivity index (χ4n) is 5.04. The third-order valence-corrected chi connectivity index (χ3v) is 7.65. The van der Waals surface area contributed by atoms with Crippen LogP contribution in [0.1, 0.15) is 68.1 Å². The molecular weight excluding hydrogens is 482 g/mol. The minimum absolute atomic E-state index is 0.0181. The second kappa shape index (κ2) is 11.6. The van der Waals surface area contributed by atoms with E-state index in [1.807, 2.05) is 65.1 Å². The highest BCUT2D eigenvalue weighted by atomic mass is 32.2. The second-order valence-corrected chi connectivity index (χ2v) is 12.8. The summed E-state index contributed by atoms with van der Waals surface area (Å²) < 4.78 is 11.8. The Kier molecular flexibility index (Phi) is 9.18. The zero-order valence-electron chi connectivity index (χ0n) is 23.9. The molecule has 2 aromatic carbocycles. The van der Waals surface area contributed by atoms with Crippen molar-refractivity contribution in [3.8, 4) is 5.75 Å². The molecule has 3 rings (SSSR count). The third kappa shape index (κ3) is 7.61. The molecule has 1 aliphatic heterocycles. The van der Waals surface area contributed by atoms with E-state index >= 15 is 0 Å². The van der Waals surface area contributed by atoms with E-state index in [2.05, 4.69) is 24.1 Å². The lowest BCUT2D eigenvalue weighted by Gasteiger charge is -2.30. The summed E-state index contributed by atoms with van der Waals surface area (Å²) in [6.07, 6.45) is 3.89. The number of hydrogen-bond acceptors (Lipinski definition) is 6. The fourth-order valence-corrected chi connectivity index (χ4v) is 5.45. The Hall–Kier alpha value is -2.31. The lowest BCUT2D eigenvalue weighted by atomic mass is 9.84. The van der Waals surface area contributed by atoms with E-state index in [1.165, 1.54) is 10.5 Å². The van der Waals surface area contributed by atoms with Gasteiger partial charge in [-0.3, -0.25) is 4.79 Å². The number of likely N-dealkylation sites (tertiary alicyclic amines) is 1. The van der Waals surface area contributed by atoms with Gasteiger partial charge in [-0.25, -0.2) is 4.79 Å². The molecular formula is C31H43NO4S. The molecule has 202 valence electrons. The standard InChI is InChI=1S/C31H43NO4S/c1-20-16-22(17-21(2)28(20)35-31(6,7)29(34)36-30(3,4)5)10-11-24-18-32(8)19-26(24)27(33)23-12-14-25(37-9)15-13-23/h12-17,24,26H,10-11,18-19H2,1-9H3/t24-,26-/m0/s1. The van der Waals surface area contributed by atoms with Gasteiger partial charge in [-0.15, -0.1) is 11.8 Å². The third-order valence-electron chi connectivity index (χ3n) is 6.91. The molecule has 0 radical (unpaired) electrons. The van der Waals surface area contributed by atoms with Crippen LogP contribution in [0.25, 0.3) is 0 Å². The number of thioether (sulfide) groups is 1. The molecule has 0 aliphatic carbocycles. The molecule has 0 bridgehead atoms. The number of carbonyl (C=O) groups is 2. The lowest BCUT2D eigenvalue weighted by Crippen LogP contribution is -2.43. The van der Waals surface area contributed by atoms with Crippen molar-refractivity contribution in [1.29, 1.82) is 0 Å². The van der Waals surface area contributed by atoms with Crippen molar-refractivity contribution < 1.29 is 19.1 Å². The molecule has 1 fully saturated rings. The van der Waals surface area contributed by atoms with Crippen molar-refractivity contribution in [2.75, 3.05) is 26.4 Å². The number of ketones is 1. The van der Waals surface area contributed by atoms with Crippen molar-refractivity contribution >= 4 is 23.5 Å². The fraction of sp³-hybridized carbons (Fsp3) is 0.548. The number of ether oxygens (including phenoxy) is 2. The number of aryl methyl sites for hydroxylation is 3. The van der Waals surface area contributed by atoms with Gasteiger partial charge in [0.25, 0.3) is 0 Å². The van der Waals surface area contributed by atoms with E-state index in [-0.39, 0.29) is 17.7 Å². The number of hydrogen-bond donors (Lipinski definition) is 0. The Morgan fingerprint density at radius 1 is 1.00 bits per heavy atom. The number of rotatable bonds is 9. The largest absolute Gasteiger partial charge is 0.476 e. The molecule has 6 heteroatoms. The smallest absolute Gasteiger partial charge is 0.350 e. The van der Waals surface area contributed by atoms with Gasteiger partial charge in [0, 0.05) is 29.5 Å². The highest BCUT2D eigenvalue weighted by Crippen LogP contribution is 2.33. The van der Waals surface area contributed by atoms with Crippen molar-refractivity contribution in [2.24, 2.45) is 11.8 Å². The molecule has 1 aliphatic rings. The van der Waals surface area contributed by atoms with Crippen LogP contribution in [0, 0.1) is 25.7 Å². The highest BCUT2D eigenvalue weighted by molar-refractivity contribution is 7.98. The minimum atomic E-state index is -1.10. The Bertz CT molecular complexity index is 1090. The Morgan fingerprint density at radius 3 is 2.14 bits per heavy atom. The second-order valence-electron chi connectivity index (χ2n) is 11.9. The lowest BCUT2D eigenvalue weighted by molar-refractivity contribution is -0.171. The summed E-state index contributed by atoms with van der Waals surface area (Å²) in [5, 5.41) is 0. The molecule has 1 heterocycles. The van der Waals surface area contributed by atoms with Crippen LogP contribution in [-0.4, -0.2) is 54.2 Å². The zero-order valence-corrected chi connectivity index (χ0v) is 24.8. The van der Waals surface area contributed by atoms with Crippen LogP contribution in [0.3, 0.4) is 0 Å². The van der Waals surface area contributed by atoms with Gasteiger partial charge in [0.1, 0.15) is 11.4 Å². The summed E-state index contributed by atoms with van der Waals surface area (Å²) in [4.78, 5) is 29.5. The van der Waals surface area contributed by atoms with E-state index in [0.29, 0.717) is 5.92 Å². The monoisotopic (exact) mass is 525 g/mol. The molecule has 0 N–H and O–H groups in total. The number of esters is 1. The van der Waals surface area contributed by atoms with Crippen LogP contribution in [0.5, 0.6) is 5.75 Å². The molecule has 37 heavy (non-hydrogen) atoms. The topological polar surface area (TPSA) is 55.8 Å². The quantitative estimate of drug-likeness (QED) is 0.211. The van der Waals surface area contributed by atoms with Gasteiger partial charge in [0.15, 0.2) is 11.4 Å². The van der Waals surface area contributed by atoms with Crippen LogP contribution in [0.4, 0.5) is 0 Å². The summed E-state index contributed by atoms with van der Waals surface area (Å²) in [5.41, 5.74) is 2.36. The molecule has 0 amide bonds. The molecule has 2 aromatic rings. The molecule has 2 atom stereocenters. The first-order valence-electron chi connectivity index (χ1n) is 13.1. The summed E-state index contributed by atoms with van der Waals surface area (Å²) in [6.45, 7) is 14.8. The molecule has 1 saturated heterocycles. The van der Waals surface area contributed by atoms with Crippen molar-refractivity contribution in [3.05, 3.63) is 58.7 Å². The molecule has 5 nitrogen and oxygen atoms in total. The summed E-state index contributed by atoms with van der Waals surface area (Å²) >= 11 is 1.69. The Labute approximate surface area is 227 Å². The van der Waals surface area contributed by atoms with Gasteiger partial charge >= 0.3 is 5.97 Å². The van der Waals surface area contributed by atoms with E-state index in [1.54, 1.807) is 25.6 Å². The van der Waals surface area contributed by atoms with E-state index in [0.717, 1.165) is 48.4 Å². The zero-order chi connectivity index (χ0) is 27.5. The van der Waals surface area contributed by atoms with Crippen LogP contribution < -0.4 is 4.74 Å². The summed E-state index contributed by atoms with van der Waals surface area (Å²) in [5.74, 6) is 0.932. The van der Waals surface area contributed by atoms with Crippen molar-refractivity contribution in [2.45, 2.75) is 77.4 Å². The van der Waals surface area contributed by atoms with Gasteiger partial charge < -0.3 is 14.4 Å². The summed E-state index contributed by atoms with van der Waals surface area (Å²) in [6, 6.07) is 12.3. The first kappa shape index (κ1) is 29.2. The van der Waals surface area contributed by atoms with E-state index < -0.39 is 11.2 Å². The predicted molar refractivity (Wildman–Crippen MR) is 152 cm³/mol. The first-order valence-corrected chi connectivity index (χ1v) is 14.3. The molecule has 0 aromatic heterocycles. The van der Waals surface area contributed by atoms with E-state index in [4.69, 9.17) is 9.47 Å². The molecule has 0 spiro atoms. The van der Waals surface area contributed by atoms with Gasteiger partial charge in [0.2, 0.25) is 0 Å². The van der Waals surface area contributed by atoms with Crippen molar-refractivity contribution in [3.63, 3.8) is 0 Å². The van der Waals surface area contributed by atoms with Gasteiger partial charge in [-0.05, 0) is 109 Å². The molecule has 0 saturated carbocycles. The van der Waals surface area contributed by atoms with Crippen molar-refractivity contribution in [1.82, 2.24) is 4.90 Å². The Balaban J connectivity index is 1.69. The maximum atomic E-state index is 13.4. The van der Waals surface area contributed by atoms with Crippen LogP contribution in [0.15, 0.2) is 41.3 Å². The van der Waals surface area contributed by atoms with Gasteiger partial charge in [-0.2, -0.15) is 0 Å². The Morgan fingerprint density at radius 2 is 1.59 bits per heavy atom. The highest BCUT2D eigenvalue weighted by Gasteiger charge is 2.37. The van der Waals surface area contributed by atoms with Crippen LogP contribution in [-0.2, 0) is 16.0 Å². The number of nitrogens with zero attached hydrogens (tertiary/aromatic N) is 1. The summed E-state index contributed by atoms with van der Waals surface area (Å²) in [7, 11) is 2.10. The maximum Gasteiger partial charge on any atom is 0.350 e. The minimum Gasteiger partial charge on any atom is -0.476 e. The molecule has 0 unspecified atom stereocenters. The van der Waals surface area contributed by atoms with E-state index in [9.17, 15) is 9.59 Å². The SMILES string of the molecule is CSc1ccc(C(=O)[C@H]2CN(C)C[C@@H]2CCc2cc(C)c(OC(C)(C)C(=O)OC(C)(C)C)c(C)c2)cc1. The maximum absolute atomic E-state index is 13.4. The van der Waals surface area contributed by atoms with Gasteiger partial charge in [0.05, 0.1) is 0 Å². The van der Waals surface area contributed by atoms with Crippen LogP contribution >= 0.6 is 11.8 Å². The predicted octanol–water partition coefficient (Wildman–Crippen LogP) is 6.52. The number of Topliss-reactive ketones (excluding diaryl/α,β-unsaturated/α-hetero) is 1. The number of benzene rings is 2.